The molecule has 28 heteroatoms. The summed E-state index contributed by atoms with van der Waals surface area (Å²) in [5.41, 5.74) is 0. The van der Waals surface area contributed by atoms with Gasteiger partial charge in [-0.15, -0.1) is 0 Å². The number of aliphatic carboxylic acids is 1. The molecule has 0 aliphatic carbocycles. The number of ether oxygens (including phenoxy) is 4. The third-order valence-electron chi connectivity index (χ3n) is 5.13. The molecule has 41 heavy (non-hydrogen) atoms. The van der Waals surface area contributed by atoms with Gasteiger partial charge in [-0.25, -0.2) is 9.52 Å². The molecule has 0 amide bonds. The molecule has 2 fully saturated rings. The maximum absolute atomic E-state index is 11.9. The van der Waals surface area contributed by atoms with Crippen molar-refractivity contribution in [2.24, 2.45) is 0 Å². The molecule has 16 N–H and O–H groups in total. The minimum atomic E-state index is -5.06. The van der Waals surface area contributed by atoms with Gasteiger partial charge in [0.1, 0.15) is 36.6 Å². The lowest BCUT2D eigenvalue weighted by molar-refractivity contribution is -0.334. The fraction of sp³-hybridized carbons (Fsp3) is 0.923. The van der Waals surface area contributed by atoms with Gasteiger partial charge in [0.25, 0.3) is 0 Å². The molecule has 2 heterocycles. The molecule has 0 aromatic rings. The largest absolute Gasteiger partial charge is 0.479 e. The minimum Gasteiger partial charge on any atom is -0.479 e. The molecule has 250 valence electrons. The minimum absolute atomic E-state index is 0.903. The topological polar surface area (TPSA) is 397 Å². The maximum atomic E-state index is 11.9. The fourth-order valence-corrected chi connectivity index (χ4v) is 5.63. The number of aliphatic hydroxyl groups is 2. The molecule has 0 bridgehead atoms. The summed E-state index contributed by atoms with van der Waals surface area (Å²) < 4.78 is 147. The van der Waals surface area contributed by atoms with Crippen LogP contribution in [0.2, 0.25) is 0 Å². The zero-order valence-electron chi connectivity index (χ0n) is 20.1. The van der Waals surface area contributed by atoms with Crippen molar-refractivity contribution in [2.45, 2.75) is 61.3 Å². The highest BCUT2D eigenvalue weighted by Gasteiger charge is 2.56. The SMILES string of the molecule is CO[C@@H]1O[C@@H](C(=O)O)[C@@H](O[C@H]2O[C@H](COS(O)(O)O)[C@@H](O)[C@H](OS(O)(O)O)[C@H]2NS(O)(O)O)[C@H](O)[C@H]1OS(O)(O)O. The van der Waals surface area contributed by atoms with Crippen LogP contribution in [0.15, 0.2) is 0 Å². The number of methoxy groups -OCH3 is 1. The van der Waals surface area contributed by atoms with Gasteiger partial charge in [-0.1, -0.05) is 0 Å². The number of rotatable bonds is 13. The van der Waals surface area contributed by atoms with Crippen LogP contribution in [-0.2, 0) is 36.3 Å². The molecule has 0 aromatic carbocycles. The smallest absolute Gasteiger partial charge is 0.335 e. The molecule has 2 aliphatic heterocycles. The summed E-state index contributed by atoms with van der Waals surface area (Å²) in [6.07, 6.45) is -20.1. The molecule has 0 radical (unpaired) electrons. The number of carbonyl (C=O) groups is 1. The third kappa shape index (κ3) is 11.5. The molecule has 0 saturated carbocycles. The van der Waals surface area contributed by atoms with Crippen molar-refractivity contribution in [3.05, 3.63) is 0 Å². The molecule has 2 rings (SSSR count). The normalized spacial score (nSPS) is 37.4. The Hall–Kier alpha value is -0.0100. The first-order valence-corrected chi connectivity index (χ1v) is 16.1. The van der Waals surface area contributed by atoms with Gasteiger partial charge < -0.3 is 34.3 Å². The Kier molecular flexibility index (Phi) is 12.7. The van der Waals surface area contributed by atoms with Gasteiger partial charge >= 0.3 is 5.97 Å². The van der Waals surface area contributed by atoms with Gasteiger partial charge in [-0.05, 0) is 0 Å². The van der Waals surface area contributed by atoms with Crippen LogP contribution in [0.5, 0.6) is 0 Å². The van der Waals surface area contributed by atoms with Crippen LogP contribution in [-0.4, -0.2) is 151 Å². The van der Waals surface area contributed by atoms with E-state index in [2.05, 4.69) is 12.5 Å². The fourth-order valence-electron chi connectivity index (χ4n) is 3.67. The number of nitrogens with one attached hydrogen (secondary N) is 1. The standard InChI is InChI=1S/C13H31NO23S4/c1-31-13-9(37-41(28,29)30)6(16)8(10(35-13)11(17)18)34-12-4(14-38(19,20)21)7(36-40(25,26)27)5(15)3(33-12)2-32-39(22,23)24/h3-10,12-16,19-30H,2H2,1H3,(H,17,18)/t3-,4-,5-,6+,7-,8+,9-,10-,12-,13-/m1/s1. The Labute approximate surface area is 236 Å². The van der Waals surface area contributed by atoms with E-state index < -0.39 is 118 Å². The number of carboxylic acid groups (broad SMARTS) is 1. The summed E-state index contributed by atoms with van der Waals surface area (Å²) in [6, 6.07) is -2.27. The molecular weight excluding hydrogens is 666 g/mol. The molecule has 24 nitrogen and oxygen atoms in total. The highest BCUT2D eigenvalue weighted by Crippen LogP contribution is 2.45. The van der Waals surface area contributed by atoms with E-state index in [0.717, 1.165) is 7.11 Å². The Morgan fingerprint density at radius 3 is 1.73 bits per heavy atom. The zero-order valence-corrected chi connectivity index (χ0v) is 23.4. The monoisotopic (exact) mass is 697 g/mol. The lowest BCUT2D eigenvalue weighted by Crippen LogP contribution is -2.68. The molecule has 2 saturated heterocycles. The molecule has 0 aromatic heterocycles. The third-order valence-corrected chi connectivity index (χ3v) is 7.13. The lowest BCUT2D eigenvalue weighted by atomic mass is 9.96. The number of hydrogen-bond donors (Lipinski definition) is 16. The average Bonchev–Trinajstić information content (AvgIpc) is 2.76. The van der Waals surface area contributed by atoms with Crippen LogP contribution in [0.3, 0.4) is 0 Å². The van der Waals surface area contributed by atoms with Crippen molar-refractivity contribution >= 4 is 50.5 Å². The van der Waals surface area contributed by atoms with Crippen LogP contribution in [0.4, 0.5) is 0 Å². The van der Waals surface area contributed by atoms with E-state index in [-0.39, 0.29) is 0 Å². The Bertz CT molecular complexity index is 860. The summed E-state index contributed by atoms with van der Waals surface area (Å²) in [7, 11) is 0.903. The summed E-state index contributed by atoms with van der Waals surface area (Å²) >= 11 is -19.6. The van der Waals surface area contributed by atoms with Gasteiger partial charge in [0.15, 0.2) is 35.8 Å². The summed E-state index contributed by atoms with van der Waals surface area (Å²) in [4.78, 5) is 11.9. The van der Waals surface area contributed by atoms with Crippen molar-refractivity contribution in [1.29, 1.82) is 0 Å². The van der Waals surface area contributed by atoms with E-state index in [9.17, 15) is 61.1 Å². The number of carboxylic acids is 1. The predicted molar refractivity (Wildman–Crippen MR) is 133 cm³/mol. The van der Waals surface area contributed by atoms with Crippen LogP contribution in [0.25, 0.3) is 0 Å². The van der Waals surface area contributed by atoms with Crippen LogP contribution < -0.4 is 4.72 Å². The van der Waals surface area contributed by atoms with Gasteiger partial charge in [-0.2, -0.15) is 0 Å². The molecular formula is C13H31NO23S4. The predicted octanol–water partition coefficient (Wildman–Crippen LogP) is -0.426. The Morgan fingerprint density at radius 2 is 1.29 bits per heavy atom. The van der Waals surface area contributed by atoms with Crippen LogP contribution in [0, 0.1) is 0 Å². The second-order valence-corrected chi connectivity index (χ2v) is 12.8. The van der Waals surface area contributed by atoms with Crippen molar-refractivity contribution in [3.63, 3.8) is 0 Å². The van der Waals surface area contributed by atoms with Gasteiger partial charge in [0, 0.05) is 7.11 Å². The van der Waals surface area contributed by atoms with Crippen molar-refractivity contribution in [3.8, 4) is 0 Å². The first-order valence-electron chi connectivity index (χ1n) is 10.3. The number of hydrogen-bond acceptors (Lipinski definition) is 23. The second-order valence-electron chi connectivity index (χ2n) is 8.10. The zero-order chi connectivity index (χ0) is 31.7. The maximum Gasteiger partial charge on any atom is 0.335 e. The summed E-state index contributed by atoms with van der Waals surface area (Å²) in [5.74, 6) is -1.89. The second kappa shape index (κ2) is 14.0. The highest BCUT2D eigenvalue weighted by molar-refractivity contribution is 8.17. The average molecular weight is 698 g/mol. The van der Waals surface area contributed by atoms with Gasteiger partial charge in [0.2, 0.25) is 33.5 Å². The van der Waals surface area contributed by atoms with Gasteiger partial charge in [0.05, 0.1) is 6.61 Å². The molecule has 2 aliphatic rings. The van der Waals surface area contributed by atoms with Crippen molar-refractivity contribution < 1.29 is 106 Å². The first kappa shape index (κ1) is 37.2. The van der Waals surface area contributed by atoms with E-state index in [4.69, 9.17) is 32.6 Å². The van der Waals surface area contributed by atoms with Crippen molar-refractivity contribution in [2.75, 3.05) is 13.7 Å². The molecule has 10 atom stereocenters. The summed E-state index contributed by atoms with van der Waals surface area (Å²) in [5, 5.41) is 31.0. The lowest BCUT2D eigenvalue weighted by Gasteiger charge is -2.49. The van der Waals surface area contributed by atoms with Crippen LogP contribution in [0.1, 0.15) is 0 Å². The Balaban J connectivity index is 2.55. The van der Waals surface area contributed by atoms with E-state index in [0.29, 0.717) is 0 Å². The van der Waals surface area contributed by atoms with E-state index in [1.807, 2.05) is 0 Å². The van der Waals surface area contributed by atoms with E-state index >= 15 is 0 Å². The highest BCUT2D eigenvalue weighted by atomic mass is 32.3. The van der Waals surface area contributed by atoms with E-state index in [1.165, 1.54) is 0 Å². The summed E-state index contributed by atoms with van der Waals surface area (Å²) in [6.45, 7) is -1.21. The molecule has 0 unspecified atom stereocenters. The first-order chi connectivity index (χ1) is 18.4. The number of aliphatic hydroxyl groups excluding tert-OH is 2. The van der Waals surface area contributed by atoms with E-state index in [1.54, 1.807) is 4.72 Å². The Morgan fingerprint density at radius 1 is 0.756 bits per heavy atom. The van der Waals surface area contributed by atoms with Crippen LogP contribution >= 0.6 is 44.5 Å². The van der Waals surface area contributed by atoms with Gasteiger partial charge in [-0.3, -0.25) is 67.2 Å². The van der Waals surface area contributed by atoms with Crippen molar-refractivity contribution in [1.82, 2.24) is 4.72 Å². The quantitative estimate of drug-likeness (QED) is 0.116. The molecule has 0 spiro atoms.